The number of carbonyl (C=O) groups is 2. The number of anilines is 1. The lowest BCUT2D eigenvalue weighted by Crippen LogP contribution is -2.48. The minimum Gasteiger partial charge on any atom is -0.385 e. The number of hydrogen-bond donors (Lipinski definition) is 2. The Morgan fingerprint density at radius 1 is 1.24 bits per heavy atom. The van der Waals surface area contributed by atoms with E-state index in [1.165, 1.54) is 5.57 Å². The van der Waals surface area contributed by atoms with Crippen molar-refractivity contribution in [3.8, 4) is 0 Å². The van der Waals surface area contributed by atoms with E-state index in [1.54, 1.807) is 13.3 Å². The van der Waals surface area contributed by atoms with Crippen molar-refractivity contribution >= 4 is 17.5 Å². The zero-order valence-corrected chi connectivity index (χ0v) is 26.1. The first-order chi connectivity index (χ1) is 19.5. The quantitative estimate of drug-likeness (QED) is 0.219. The van der Waals surface area contributed by atoms with Gasteiger partial charge in [0, 0.05) is 70.0 Å². The molecular weight excluding hydrogens is 518 g/mol. The van der Waals surface area contributed by atoms with Crippen molar-refractivity contribution < 1.29 is 19.1 Å². The number of nitrogens with zero attached hydrogens (tertiary/aromatic N) is 3. The van der Waals surface area contributed by atoms with Gasteiger partial charge in [-0.3, -0.25) is 9.59 Å². The Labute approximate surface area is 246 Å². The number of hydrogen-bond acceptors (Lipinski definition) is 8. The van der Waals surface area contributed by atoms with Gasteiger partial charge in [0.25, 0.3) is 0 Å². The van der Waals surface area contributed by atoms with Gasteiger partial charge in [-0.2, -0.15) is 0 Å². The molecule has 1 unspecified atom stereocenters. The summed E-state index contributed by atoms with van der Waals surface area (Å²) in [4.78, 5) is 39.0. The number of methoxy groups -OCH3 is 1. The molecule has 1 amide bonds. The van der Waals surface area contributed by atoms with Crippen LogP contribution in [-0.4, -0.2) is 86.2 Å². The zero-order valence-electron chi connectivity index (χ0n) is 26.1. The third-order valence-electron chi connectivity index (χ3n) is 8.57. The highest BCUT2D eigenvalue weighted by molar-refractivity contribution is 6.01. The molecule has 9 nitrogen and oxygen atoms in total. The average molecular weight is 570 g/mol. The summed E-state index contributed by atoms with van der Waals surface area (Å²) in [7, 11) is 1.69. The predicted octanol–water partition coefficient (Wildman–Crippen LogP) is 4.24. The van der Waals surface area contributed by atoms with Gasteiger partial charge in [0.15, 0.2) is 5.78 Å². The molecule has 2 saturated heterocycles. The number of piperidine rings is 1. The van der Waals surface area contributed by atoms with Gasteiger partial charge in [-0.25, -0.2) is 9.97 Å². The van der Waals surface area contributed by atoms with Crippen LogP contribution in [0.25, 0.3) is 0 Å². The van der Waals surface area contributed by atoms with E-state index in [2.05, 4.69) is 56.3 Å². The van der Waals surface area contributed by atoms with Crippen molar-refractivity contribution in [1.29, 1.82) is 0 Å². The fourth-order valence-electron chi connectivity index (χ4n) is 6.27. The molecule has 41 heavy (non-hydrogen) atoms. The summed E-state index contributed by atoms with van der Waals surface area (Å²) in [6.45, 7) is 16.2. The number of carbonyl (C=O) groups excluding carboxylic acids is 2. The number of ketones is 1. The first-order valence-electron chi connectivity index (χ1n) is 15.5. The second-order valence-corrected chi connectivity index (χ2v) is 13.5. The van der Waals surface area contributed by atoms with E-state index >= 15 is 0 Å². The van der Waals surface area contributed by atoms with Gasteiger partial charge in [-0.1, -0.05) is 46.3 Å². The Balaban J connectivity index is 1.54. The standard InChI is InChI=1S/C32H51N5O4/c1-22(2)15-24-17-32(24,25-16-23(19-33-20-25)29(39)37-10-8-13-41-14-11-37)18-27(38)26-21-35-30(31(3,4)5)36-28(26)34-9-7-12-40-6/h17,21-23,25,33H,7-16,18-20H2,1-6H3,(H,34,35,36)/t23-,25+,32?/m1/s1. The molecule has 3 heterocycles. The summed E-state index contributed by atoms with van der Waals surface area (Å²) in [5, 5.41) is 6.95. The molecule has 0 saturated carbocycles. The predicted molar refractivity (Wildman–Crippen MR) is 161 cm³/mol. The number of Topliss-reactive ketones (excluding diaryl/α,β-unsaturated/α-hetero) is 1. The first-order valence-corrected chi connectivity index (χ1v) is 15.5. The second kappa shape index (κ2) is 13.7. The van der Waals surface area contributed by atoms with Gasteiger partial charge in [0.1, 0.15) is 11.6 Å². The van der Waals surface area contributed by atoms with E-state index in [0.717, 1.165) is 38.8 Å². The Morgan fingerprint density at radius 2 is 2.05 bits per heavy atom. The van der Waals surface area contributed by atoms with Crippen molar-refractivity contribution in [1.82, 2.24) is 20.2 Å². The maximum absolute atomic E-state index is 14.1. The van der Waals surface area contributed by atoms with Crippen molar-refractivity contribution in [2.45, 2.75) is 72.1 Å². The van der Waals surface area contributed by atoms with Crippen LogP contribution in [0.2, 0.25) is 0 Å². The van der Waals surface area contributed by atoms with E-state index in [1.807, 2.05) is 4.90 Å². The van der Waals surface area contributed by atoms with E-state index in [4.69, 9.17) is 14.5 Å². The monoisotopic (exact) mass is 569 g/mol. The Kier molecular flexibility index (Phi) is 10.6. The van der Waals surface area contributed by atoms with Gasteiger partial charge >= 0.3 is 0 Å². The summed E-state index contributed by atoms with van der Waals surface area (Å²) in [6, 6.07) is 0. The van der Waals surface area contributed by atoms with Gasteiger partial charge in [0.2, 0.25) is 5.91 Å². The minimum absolute atomic E-state index is 0.0489. The smallest absolute Gasteiger partial charge is 0.227 e. The number of rotatable bonds is 12. The lowest BCUT2D eigenvalue weighted by molar-refractivity contribution is -0.136. The van der Waals surface area contributed by atoms with Crippen molar-refractivity contribution in [2.24, 2.45) is 23.2 Å². The molecule has 228 valence electrons. The highest BCUT2D eigenvalue weighted by Crippen LogP contribution is 2.58. The molecule has 2 N–H and O–H groups in total. The molecule has 2 aliphatic heterocycles. The molecule has 0 aromatic carbocycles. The van der Waals surface area contributed by atoms with Crippen LogP contribution in [0.1, 0.15) is 82.9 Å². The highest BCUT2D eigenvalue weighted by atomic mass is 16.5. The summed E-state index contributed by atoms with van der Waals surface area (Å²) < 4.78 is 10.8. The Bertz CT molecular complexity index is 1090. The minimum atomic E-state index is -0.300. The third-order valence-corrected chi connectivity index (χ3v) is 8.57. The molecule has 1 aromatic rings. The Morgan fingerprint density at radius 3 is 2.78 bits per heavy atom. The fraction of sp³-hybridized carbons (Fsp3) is 0.750. The van der Waals surface area contributed by atoms with E-state index < -0.39 is 0 Å². The molecule has 0 bridgehead atoms. The van der Waals surface area contributed by atoms with Crippen LogP contribution in [0.4, 0.5) is 5.82 Å². The molecule has 9 heteroatoms. The fourth-order valence-corrected chi connectivity index (χ4v) is 6.27. The van der Waals surface area contributed by atoms with E-state index in [9.17, 15) is 9.59 Å². The van der Waals surface area contributed by atoms with Gasteiger partial charge in [0.05, 0.1) is 18.1 Å². The lowest BCUT2D eigenvalue weighted by Gasteiger charge is -2.38. The maximum atomic E-state index is 14.1. The van der Waals surface area contributed by atoms with Crippen LogP contribution >= 0.6 is 0 Å². The molecular formula is C32H51N5O4. The normalized spacial score (nSPS) is 25.0. The average Bonchev–Trinajstić information content (AvgIpc) is 3.69. The lowest BCUT2D eigenvalue weighted by atomic mass is 9.72. The summed E-state index contributed by atoms with van der Waals surface area (Å²) in [5.41, 5.74) is 1.36. The summed E-state index contributed by atoms with van der Waals surface area (Å²) in [5.74, 6) is 2.18. The summed E-state index contributed by atoms with van der Waals surface area (Å²) >= 11 is 0. The molecule has 0 radical (unpaired) electrons. The third kappa shape index (κ3) is 7.93. The molecule has 3 aliphatic rings. The van der Waals surface area contributed by atoms with Crippen LogP contribution in [0.3, 0.4) is 0 Å². The zero-order chi connectivity index (χ0) is 29.6. The topological polar surface area (TPSA) is 106 Å². The van der Waals surface area contributed by atoms with Crippen LogP contribution in [0.15, 0.2) is 17.8 Å². The molecule has 4 rings (SSSR count). The van der Waals surface area contributed by atoms with Gasteiger partial charge in [-0.15, -0.1) is 0 Å². The van der Waals surface area contributed by atoms with E-state index in [0.29, 0.717) is 69.0 Å². The molecule has 3 atom stereocenters. The number of ether oxygens (including phenoxy) is 2. The van der Waals surface area contributed by atoms with Crippen LogP contribution < -0.4 is 10.6 Å². The number of amides is 1. The van der Waals surface area contributed by atoms with Crippen molar-refractivity contribution in [2.75, 3.05) is 65.0 Å². The van der Waals surface area contributed by atoms with Crippen molar-refractivity contribution in [3.63, 3.8) is 0 Å². The number of aromatic nitrogens is 2. The van der Waals surface area contributed by atoms with Crippen molar-refractivity contribution in [3.05, 3.63) is 29.2 Å². The Hall–Kier alpha value is -2.36. The van der Waals surface area contributed by atoms with Gasteiger partial charge < -0.3 is 25.0 Å². The molecule has 1 aromatic heterocycles. The SMILES string of the molecule is COCCCNc1nc(C(C)(C)C)ncc1C(=O)CC1([C@@H]2CNC[C@H](C(=O)N3CCCOCC3)C2)C=C1CC(C)C. The van der Waals surface area contributed by atoms with Crippen LogP contribution in [-0.2, 0) is 19.7 Å². The highest BCUT2D eigenvalue weighted by Gasteiger charge is 2.53. The molecule has 1 aliphatic carbocycles. The molecule has 2 fully saturated rings. The van der Waals surface area contributed by atoms with E-state index in [-0.39, 0.29) is 34.4 Å². The largest absolute Gasteiger partial charge is 0.385 e. The molecule has 0 spiro atoms. The van der Waals surface area contributed by atoms with Crippen LogP contribution in [0.5, 0.6) is 0 Å². The van der Waals surface area contributed by atoms with Gasteiger partial charge in [-0.05, 0) is 44.1 Å². The first kappa shape index (κ1) is 31.6. The second-order valence-electron chi connectivity index (χ2n) is 13.5. The summed E-state index contributed by atoms with van der Waals surface area (Å²) in [6.07, 6.45) is 7.86. The maximum Gasteiger partial charge on any atom is 0.227 e. The number of nitrogens with one attached hydrogen (secondary N) is 2. The number of allylic oxidation sites excluding steroid dienone is 2. The van der Waals surface area contributed by atoms with Crippen LogP contribution in [0, 0.1) is 23.2 Å².